The smallest absolute Gasteiger partial charge is 0.118 e. The Morgan fingerprint density at radius 2 is 2.28 bits per heavy atom. The van der Waals surface area contributed by atoms with Crippen molar-refractivity contribution in [2.75, 3.05) is 13.1 Å². The second-order valence-corrected chi connectivity index (χ2v) is 6.06. The number of furan rings is 1. The zero-order chi connectivity index (χ0) is 12.4. The molecule has 0 amide bonds. The van der Waals surface area contributed by atoms with Crippen molar-refractivity contribution in [2.24, 2.45) is 5.92 Å². The van der Waals surface area contributed by atoms with E-state index >= 15 is 0 Å². The highest BCUT2D eigenvalue weighted by atomic mass is 16.3. The van der Waals surface area contributed by atoms with E-state index in [1.807, 2.05) is 6.26 Å². The number of rotatable bonds is 5. The number of nitrogens with one attached hydrogen (secondary N) is 1. The molecule has 1 saturated heterocycles. The van der Waals surface area contributed by atoms with Crippen molar-refractivity contribution in [2.45, 2.75) is 51.7 Å². The van der Waals surface area contributed by atoms with Crippen molar-refractivity contribution in [3.8, 4) is 0 Å². The summed E-state index contributed by atoms with van der Waals surface area (Å²) in [4.78, 5) is 2.52. The molecule has 1 aliphatic carbocycles. The van der Waals surface area contributed by atoms with Gasteiger partial charge in [0.25, 0.3) is 0 Å². The average molecular weight is 248 g/mol. The molecule has 18 heavy (non-hydrogen) atoms. The van der Waals surface area contributed by atoms with Crippen LogP contribution in [0.15, 0.2) is 16.7 Å². The first kappa shape index (κ1) is 12.2. The highest BCUT2D eigenvalue weighted by Crippen LogP contribution is 2.21. The Kier molecular flexibility index (Phi) is 3.71. The van der Waals surface area contributed by atoms with Gasteiger partial charge in [0.05, 0.1) is 12.8 Å². The monoisotopic (exact) mass is 248 g/mol. The molecular formula is C15H24N2O. The molecular weight excluding hydrogens is 224 g/mol. The maximum Gasteiger partial charge on any atom is 0.118 e. The molecule has 3 heteroatoms. The van der Waals surface area contributed by atoms with E-state index < -0.39 is 0 Å². The summed E-state index contributed by atoms with van der Waals surface area (Å²) in [5.74, 6) is 1.96. The number of likely N-dealkylation sites (tertiary alicyclic amines) is 1. The fourth-order valence-electron chi connectivity index (χ4n) is 2.80. The van der Waals surface area contributed by atoms with Crippen LogP contribution in [-0.2, 0) is 13.1 Å². The van der Waals surface area contributed by atoms with Crippen LogP contribution in [0.2, 0.25) is 0 Å². The summed E-state index contributed by atoms with van der Waals surface area (Å²) in [6.07, 6.45) is 7.31. The number of hydrogen-bond acceptors (Lipinski definition) is 3. The third-order valence-corrected chi connectivity index (χ3v) is 4.00. The van der Waals surface area contributed by atoms with E-state index in [-0.39, 0.29) is 0 Å². The topological polar surface area (TPSA) is 28.4 Å². The van der Waals surface area contributed by atoms with Crippen LogP contribution in [0.1, 0.15) is 43.9 Å². The average Bonchev–Trinajstić information content (AvgIpc) is 3.08. The first-order chi connectivity index (χ1) is 8.79. The highest BCUT2D eigenvalue weighted by Gasteiger charge is 2.21. The van der Waals surface area contributed by atoms with Crippen LogP contribution >= 0.6 is 0 Å². The Hall–Kier alpha value is -0.800. The largest absolute Gasteiger partial charge is 0.468 e. The summed E-state index contributed by atoms with van der Waals surface area (Å²) < 4.78 is 5.67. The van der Waals surface area contributed by atoms with Gasteiger partial charge in [-0.05, 0) is 44.2 Å². The predicted molar refractivity (Wildman–Crippen MR) is 72.2 cm³/mol. The minimum atomic E-state index is 0.770. The summed E-state index contributed by atoms with van der Waals surface area (Å²) >= 11 is 0. The lowest BCUT2D eigenvalue weighted by molar-refractivity contribution is 0.165. The van der Waals surface area contributed by atoms with Crippen molar-refractivity contribution in [3.63, 3.8) is 0 Å². The summed E-state index contributed by atoms with van der Waals surface area (Å²) in [7, 11) is 0. The maximum absolute atomic E-state index is 5.67. The third kappa shape index (κ3) is 3.36. The first-order valence-electron chi connectivity index (χ1n) is 7.31. The third-order valence-electron chi connectivity index (χ3n) is 4.00. The molecule has 100 valence electrons. The van der Waals surface area contributed by atoms with Crippen LogP contribution in [0, 0.1) is 5.92 Å². The van der Waals surface area contributed by atoms with Crippen LogP contribution in [0.25, 0.3) is 0 Å². The van der Waals surface area contributed by atoms with Crippen molar-refractivity contribution >= 4 is 0 Å². The fraction of sp³-hybridized carbons (Fsp3) is 0.733. The van der Waals surface area contributed by atoms with Gasteiger partial charge in [-0.1, -0.05) is 6.92 Å². The van der Waals surface area contributed by atoms with E-state index in [1.54, 1.807) is 0 Å². The normalized spacial score (nSPS) is 25.5. The molecule has 2 fully saturated rings. The van der Waals surface area contributed by atoms with Gasteiger partial charge in [-0.3, -0.25) is 4.90 Å². The van der Waals surface area contributed by atoms with Gasteiger partial charge in [-0.25, -0.2) is 0 Å². The molecule has 0 spiro atoms. The lowest BCUT2D eigenvalue weighted by Crippen LogP contribution is -2.33. The quantitative estimate of drug-likeness (QED) is 0.868. The van der Waals surface area contributed by atoms with Crippen molar-refractivity contribution in [3.05, 3.63) is 23.7 Å². The van der Waals surface area contributed by atoms with Gasteiger partial charge in [0.2, 0.25) is 0 Å². The molecule has 1 aromatic heterocycles. The summed E-state index contributed by atoms with van der Waals surface area (Å²) in [5.41, 5.74) is 1.29. The minimum Gasteiger partial charge on any atom is -0.468 e. The highest BCUT2D eigenvalue weighted by molar-refractivity contribution is 5.13. The van der Waals surface area contributed by atoms with Crippen LogP contribution in [0.4, 0.5) is 0 Å². The molecule has 1 aromatic rings. The van der Waals surface area contributed by atoms with Crippen LogP contribution < -0.4 is 5.32 Å². The molecule has 1 saturated carbocycles. The van der Waals surface area contributed by atoms with Gasteiger partial charge >= 0.3 is 0 Å². The number of nitrogens with zero attached hydrogens (tertiary/aromatic N) is 1. The van der Waals surface area contributed by atoms with Gasteiger partial charge in [0, 0.05) is 24.7 Å². The molecule has 2 aliphatic rings. The van der Waals surface area contributed by atoms with Crippen molar-refractivity contribution < 1.29 is 4.42 Å². The van der Waals surface area contributed by atoms with Gasteiger partial charge in [0.15, 0.2) is 0 Å². The lowest BCUT2D eigenvalue weighted by atomic mass is 10.0. The molecule has 1 N–H and O–H groups in total. The van der Waals surface area contributed by atoms with Gasteiger partial charge in [-0.2, -0.15) is 0 Å². The molecule has 1 aliphatic heterocycles. The summed E-state index contributed by atoms with van der Waals surface area (Å²) in [6, 6.07) is 2.99. The first-order valence-corrected chi connectivity index (χ1v) is 7.31. The van der Waals surface area contributed by atoms with E-state index in [0.717, 1.165) is 30.8 Å². The van der Waals surface area contributed by atoms with Crippen LogP contribution in [0.5, 0.6) is 0 Å². The molecule has 2 heterocycles. The molecule has 3 nitrogen and oxygen atoms in total. The fourth-order valence-corrected chi connectivity index (χ4v) is 2.80. The van der Waals surface area contributed by atoms with E-state index in [2.05, 4.69) is 23.2 Å². The van der Waals surface area contributed by atoms with E-state index in [9.17, 15) is 0 Å². The number of hydrogen-bond donors (Lipinski definition) is 1. The maximum atomic E-state index is 5.67. The molecule has 0 aromatic carbocycles. The molecule has 1 unspecified atom stereocenters. The summed E-state index contributed by atoms with van der Waals surface area (Å²) in [5, 5.41) is 3.52. The Morgan fingerprint density at radius 3 is 3.06 bits per heavy atom. The Morgan fingerprint density at radius 1 is 1.39 bits per heavy atom. The molecule has 0 bridgehead atoms. The minimum absolute atomic E-state index is 0.770. The van der Waals surface area contributed by atoms with Gasteiger partial charge < -0.3 is 9.73 Å². The summed E-state index contributed by atoms with van der Waals surface area (Å²) in [6.45, 7) is 6.73. The lowest BCUT2D eigenvalue weighted by Gasteiger charge is -2.29. The van der Waals surface area contributed by atoms with Crippen molar-refractivity contribution in [1.29, 1.82) is 0 Å². The standard InChI is InChI=1S/C15H24N2O/c1-12-3-2-6-17(9-12)10-15-7-13(11-18-15)8-16-14-4-5-14/h7,11-12,14,16H,2-6,8-10H2,1H3. The Labute approximate surface area is 110 Å². The zero-order valence-electron chi connectivity index (χ0n) is 11.3. The van der Waals surface area contributed by atoms with Gasteiger partial charge in [-0.15, -0.1) is 0 Å². The van der Waals surface area contributed by atoms with Crippen molar-refractivity contribution in [1.82, 2.24) is 10.2 Å². The molecule has 1 atom stereocenters. The SMILES string of the molecule is CC1CCCN(Cc2cc(CNC3CC3)co2)C1. The van der Waals surface area contributed by atoms with Crippen LogP contribution in [-0.4, -0.2) is 24.0 Å². The van der Waals surface area contributed by atoms with E-state index in [0.29, 0.717) is 0 Å². The number of piperidine rings is 1. The van der Waals surface area contributed by atoms with E-state index in [1.165, 1.54) is 44.3 Å². The second-order valence-electron chi connectivity index (χ2n) is 6.06. The molecule has 3 rings (SSSR count). The second kappa shape index (κ2) is 5.45. The Balaban J connectivity index is 1.49. The van der Waals surface area contributed by atoms with Crippen LogP contribution in [0.3, 0.4) is 0 Å². The van der Waals surface area contributed by atoms with Gasteiger partial charge in [0.1, 0.15) is 5.76 Å². The van der Waals surface area contributed by atoms with E-state index in [4.69, 9.17) is 4.42 Å². The predicted octanol–water partition coefficient (Wildman–Crippen LogP) is 2.76. The Bertz CT molecular complexity index is 384. The molecule has 0 radical (unpaired) electrons. The zero-order valence-corrected chi connectivity index (χ0v) is 11.3.